The van der Waals surface area contributed by atoms with Crippen LogP contribution in [-0.4, -0.2) is 19.2 Å². The third kappa shape index (κ3) is 5.17. The van der Waals surface area contributed by atoms with Gasteiger partial charge in [-0.1, -0.05) is 78.9 Å². The summed E-state index contributed by atoms with van der Waals surface area (Å²) in [7, 11) is -4.19. The Hall–Kier alpha value is -4.34. The summed E-state index contributed by atoms with van der Waals surface area (Å²) in [6, 6.07) is 27.8. The average molecular weight is 502 g/mol. The Morgan fingerprint density at radius 1 is 0.861 bits per heavy atom. The monoisotopic (exact) mass is 501 g/mol. The van der Waals surface area contributed by atoms with Gasteiger partial charge in [-0.05, 0) is 34.4 Å². The number of carbonyl (C=O) groups excluding carboxylic acids is 1. The van der Waals surface area contributed by atoms with E-state index in [1.807, 2.05) is 30.3 Å². The van der Waals surface area contributed by atoms with Crippen LogP contribution in [0.2, 0.25) is 0 Å². The third-order valence-electron chi connectivity index (χ3n) is 5.72. The van der Waals surface area contributed by atoms with Crippen molar-refractivity contribution in [3.8, 4) is 11.1 Å². The molecule has 4 aromatic carbocycles. The predicted octanol–water partition coefficient (Wildman–Crippen LogP) is 4.62. The van der Waals surface area contributed by atoms with Gasteiger partial charge in [0.1, 0.15) is 5.37 Å². The first-order chi connectivity index (χ1) is 17.3. The Balaban J connectivity index is 1.70. The van der Waals surface area contributed by atoms with E-state index in [1.165, 1.54) is 18.2 Å². The zero-order valence-electron chi connectivity index (χ0n) is 19.1. The van der Waals surface area contributed by atoms with Crippen LogP contribution in [0.4, 0.5) is 5.69 Å². The second-order valence-electron chi connectivity index (χ2n) is 8.02. The molecule has 4 aromatic rings. The number of nitrogens with two attached hydrogens (primary N) is 1. The minimum atomic E-state index is -4.19. The Kier molecular flexibility index (Phi) is 7.23. The van der Waals surface area contributed by atoms with Crippen LogP contribution in [-0.2, 0) is 16.4 Å². The maximum atomic E-state index is 13.3. The molecule has 3 N–H and O–H groups in total. The maximum Gasteiger partial charge on any atom is 0.270 e. The van der Waals surface area contributed by atoms with E-state index in [1.54, 1.807) is 48.5 Å². The summed E-state index contributed by atoms with van der Waals surface area (Å²) in [5.41, 5.74) is 8.49. The molecule has 0 spiro atoms. The van der Waals surface area contributed by atoms with Gasteiger partial charge in [0.15, 0.2) is 9.84 Å². The summed E-state index contributed by atoms with van der Waals surface area (Å²) < 4.78 is 26.7. The van der Waals surface area contributed by atoms with E-state index in [0.717, 1.165) is 11.6 Å². The molecule has 0 aromatic heterocycles. The number of nitrogens with zero attached hydrogens (tertiary/aromatic N) is 1. The van der Waals surface area contributed by atoms with Crippen molar-refractivity contribution < 1.29 is 18.1 Å². The number of benzene rings is 4. The molecule has 1 unspecified atom stereocenters. The summed E-state index contributed by atoms with van der Waals surface area (Å²) in [5.74, 6) is -0.320. The number of hydrogen-bond acceptors (Lipinski definition) is 6. The number of amides is 1. The van der Waals surface area contributed by atoms with Gasteiger partial charge in [0, 0.05) is 24.2 Å². The van der Waals surface area contributed by atoms with Crippen molar-refractivity contribution in [1.82, 2.24) is 5.32 Å². The van der Waals surface area contributed by atoms with Gasteiger partial charge in [0.2, 0.25) is 0 Å². The number of nitro benzene ring substituents is 1. The predicted molar refractivity (Wildman–Crippen MR) is 137 cm³/mol. The molecule has 4 rings (SSSR count). The van der Waals surface area contributed by atoms with Gasteiger partial charge in [-0.25, -0.2) is 8.42 Å². The lowest BCUT2D eigenvalue weighted by atomic mass is 9.95. The van der Waals surface area contributed by atoms with Crippen LogP contribution in [0.5, 0.6) is 0 Å². The van der Waals surface area contributed by atoms with E-state index in [-0.39, 0.29) is 22.1 Å². The fraction of sp³-hybridized carbons (Fsp3) is 0.0741. The lowest BCUT2D eigenvalue weighted by molar-refractivity contribution is -0.385. The van der Waals surface area contributed by atoms with Gasteiger partial charge in [0.25, 0.3) is 11.6 Å². The fourth-order valence-electron chi connectivity index (χ4n) is 3.87. The van der Waals surface area contributed by atoms with Gasteiger partial charge in [-0.3, -0.25) is 14.9 Å². The average Bonchev–Trinajstić information content (AvgIpc) is 2.92. The lowest BCUT2D eigenvalue weighted by Gasteiger charge is -2.19. The molecule has 0 radical (unpaired) electrons. The molecule has 0 aliphatic heterocycles. The fourth-order valence-corrected chi connectivity index (χ4v) is 5.25. The molecule has 36 heavy (non-hydrogen) atoms. The molecule has 1 atom stereocenters. The van der Waals surface area contributed by atoms with E-state index in [0.29, 0.717) is 23.2 Å². The van der Waals surface area contributed by atoms with Crippen LogP contribution in [0.3, 0.4) is 0 Å². The Labute approximate surface area is 208 Å². The van der Waals surface area contributed by atoms with Crippen LogP contribution >= 0.6 is 0 Å². The number of non-ortho nitro benzene ring substituents is 1. The van der Waals surface area contributed by atoms with E-state index in [4.69, 9.17) is 5.73 Å². The van der Waals surface area contributed by atoms with Gasteiger partial charge in [0.05, 0.1) is 9.82 Å². The molecule has 0 heterocycles. The summed E-state index contributed by atoms with van der Waals surface area (Å²) in [6.45, 7) is 0.330. The first kappa shape index (κ1) is 24.8. The maximum absolute atomic E-state index is 13.3. The molecule has 0 aliphatic rings. The van der Waals surface area contributed by atoms with Crippen molar-refractivity contribution in [3.05, 3.63) is 130 Å². The second-order valence-corrected chi connectivity index (χ2v) is 10.1. The highest BCUT2D eigenvalue weighted by atomic mass is 32.2. The summed E-state index contributed by atoms with van der Waals surface area (Å²) in [6.07, 6.45) is 0. The molecular formula is C27H23N3O5S. The Bertz CT molecular complexity index is 1520. The number of sulfone groups is 1. The Morgan fingerprint density at radius 3 is 2.22 bits per heavy atom. The van der Waals surface area contributed by atoms with Crippen LogP contribution in [0, 0.1) is 10.1 Å². The minimum Gasteiger partial charge on any atom is -0.348 e. The van der Waals surface area contributed by atoms with Gasteiger partial charge < -0.3 is 11.1 Å². The van der Waals surface area contributed by atoms with Gasteiger partial charge in [-0.2, -0.15) is 0 Å². The Morgan fingerprint density at radius 2 is 1.50 bits per heavy atom. The van der Waals surface area contributed by atoms with Crippen LogP contribution in [0.1, 0.15) is 26.9 Å². The topological polar surface area (TPSA) is 132 Å². The first-order valence-corrected chi connectivity index (χ1v) is 12.6. The quantitative estimate of drug-likeness (QED) is 0.267. The highest BCUT2D eigenvalue weighted by Crippen LogP contribution is 2.35. The van der Waals surface area contributed by atoms with Crippen molar-refractivity contribution >= 4 is 21.4 Å². The van der Waals surface area contributed by atoms with Crippen molar-refractivity contribution in [2.24, 2.45) is 5.73 Å². The number of carbonyl (C=O) groups is 1. The molecule has 9 heteroatoms. The van der Waals surface area contributed by atoms with E-state index >= 15 is 0 Å². The molecule has 0 aliphatic carbocycles. The number of nitro groups is 1. The van der Waals surface area contributed by atoms with Crippen LogP contribution in [0.15, 0.2) is 108 Å². The smallest absolute Gasteiger partial charge is 0.270 e. The van der Waals surface area contributed by atoms with Crippen molar-refractivity contribution in [2.75, 3.05) is 0 Å². The van der Waals surface area contributed by atoms with Crippen LogP contribution < -0.4 is 11.1 Å². The molecular weight excluding hydrogens is 478 g/mol. The zero-order valence-corrected chi connectivity index (χ0v) is 19.9. The largest absolute Gasteiger partial charge is 0.348 e. The first-order valence-electron chi connectivity index (χ1n) is 11.0. The molecule has 0 saturated heterocycles. The van der Waals surface area contributed by atoms with Crippen molar-refractivity contribution in [2.45, 2.75) is 16.8 Å². The summed E-state index contributed by atoms with van der Waals surface area (Å²) >= 11 is 0. The molecule has 8 nitrogen and oxygen atoms in total. The summed E-state index contributed by atoms with van der Waals surface area (Å²) in [4.78, 5) is 23.3. The van der Waals surface area contributed by atoms with E-state index in [2.05, 4.69) is 5.32 Å². The van der Waals surface area contributed by atoms with Crippen molar-refractivity contribution in [1.29, 1.82) is 0 Å². The SMILES string of the molecule is NC(c1ccccc1-c1ccccc1C(=O)NCc1ccccc1)S(=O)(=O)c1cccc([N+](=O)[O-])c1. The number of rotatable bonds is 8. The second kappa shape index (κ2) is 10.5. The third-order valence-corrected chi connectivity index (χ3v) is 7.55. The number of nitrogens with one attached hydrogen (secondary N) is 1. The molecule has 1 amide bonds. The minimum absolute atomic E-state index is 0.257. The molecule has 182 valence electrons. The normalized spacial score (nSPS) is 12.0. The summed E-state index contributed by atoms with van der Waals surface area (Å²) in [5, 5.41) is 12.5. The lowest BCUT2D eigenvalue weighted by Crippen LogP contribution is -2.24. The number of hydrogen-bond donors (Lipinski definition) is 2. The zero-order chi connectivity index (χ0) is 25.7. The highest BCUT2D eigenvalue weighted by Gasteiger charge is 2.29. The van der Waals surface area contributed by atoms with E-state index < -0.39 is 20.1 Å². The van der Waals surface area contributed by atoms with E-state index in [9.17, 15) is 23.3 Å². The standard InChI is InChI=1S/C27H23N3O5S/c28-26(36(34,35)21-12-8-11-20(17-21)30(32)33)24-15-6-4-13-22(24)23-14-5-7-16-25(23)27(31)29-18-19-9-2-1-3-10-19/h1-17,26H,18,28H2,(H,29,31). The van der Waals surface area contributed by atoms with Crippen molar-refractivity contribution in [3.63, 3.8) is 0 Å². The van der Waals surface area contributed by atoms with Gasteiger partial charge >= 0.3 is 0 Å². The van der Waals surface area contributed by atoms with Crippen LogP contribution in [0.25, 0.3) is 11.1 Å². The molecule has 0 saturated carbocycles. The highest BCUT2D eigenvalue weighted by molar-refractivity contribution is 7.91. The molecule has 0 fully saturated rings. The van der Waals surface area contributed by atoms with Gasteiger partial charge in [-0.15, -0.1) is 0 Å². The molecule has 0 bridgehead atoms.